The monoisotopic (exact) mass is 710 g/mol. The first-order valence-electron chi connectivity index (χ1n) is 16.1. The second-order valence-corrected chi connectivity index (χ2v) is 19.2. The van der Waals surface area contributed by atoms with Gasteiger partial charge in [0.15, 0.2) is 0 Å². The molecule has 0 saturated carbocycles. The molecule has 0 aliphatic carbocycles. The van der Waals surface area contributed by atoms with Crippen LogP contribution in [0.3, 0.4) is 0 Å². The molecule has 6 heteroatoms. The summed E-state index contributed by atoms with van der Waals surface area (Å²) < 4.78 is 13.0. The van der Waals surface area contributed by atoms with Gasteiger partial charge >= 0.3 is 0 Å². The highest BCUT2D eigenvalue weighted by molar-refractivity contribution is 7.33. The molecule has 0 bridgehead atoms. The van der Waals surface area contributed by atoms with E-state index in [-0.39, 0.29) is 0 Å². The predicted molar refractivity (Wildman–Crippen MR) is 224 cm³/mol. The third kappa shape index (κ3) is 2.29. The van der Waals surface area contributed by atoms with Gasteiger partial charge in [0.1, 0.15) is 0 Å². The summed E-state index contributed by atoms with van der Waals surface area (Å²) in [6.07, 6.45) is 0. The average Bonchev–Trinajstić information content (AvgIpc) is 3.94. The number of hydrogen-bond donors (Lipinski definition) is 0. The quantitative estimate of drug-likeness (QED) is 0.137. The van der Waals surface area contributed by atoms with E-state index in [0.29, 0.717) is 0 Å². The second-order valence-electron chi connectivity index (χ2n) is 13.4. The lowest BCUT2D eigenvalue weighted by Crippen LogP contribution is -1.88. The van der Waals surface area contributed by atoms with Crippen molar-refractivity contribution >= 4 is 213 Å². The number of fused-ring (bicyclic) bond motifs is 12. The fourth-order valence-electron chi connectivity index (χ4n) is 9.89. The Morgan fingerprint density at radius 3 is 1.48 bits per heavy atom. The molecule has 6 heterocycles. The summed E-state index contributed by atoms with van der Waals surface area (Å²) in [6, 6.07) is 25.8. The molecule has 0 aliphatic rings. The molecule has 0 spiro atoms. The van der Waals surface area contributed by atoms with Crippen molar-refractivity contribution in [1.82, 2.24) is 0 Å². The van der Waals surface area contributed by atoms with Gasteiger partial charge in [0.05, 0.1) is 28.2 Å². The molecule has 0 saturated heterocycles. The van der Waals surface area contributed by atoms with E-state index in [1.807, 2.05) is 68.0 Å². The van der Waals surface area contributed by atoms with E-state index in [4.69, 9.17) is 0 Å². The molecule has 0 aliphatic heterocycles. The topological polar surface area (TPSA) is 0 Å². The van der Waals surface area contributed by atoms with Gasteiger partial charge in [-0.3, -0.25) is 0 Å². The first kappa shape index (κ1) is 24.1. The number of benzene rings is 7. The SMILES string of the molecule is c1ccc2c(c1)sc1c3scc4c5cccc6sc7c8scc9c%10cccc%11sc%12c%13sccc%13c%13c(c21)c(c43)c(c7c65)c(c98)c%13c%12c%11%10. The van der Waals surface area contributed by atoms with Crippen LogP contribution in [0.5, 0.6) is 0 Å². The van der Waals surface area contributed by atoms with E-state index < -0.39 is 0 Å². The summed E-state index contributed by atoms with van der Waals surface area (Å²) in [7, 11) is 0. The fraction of sp³-hybridized carbons (Fsp3) is 0. The maximum absolute atomic E-state index is 2.49. The maximum atomic E-state index is 2.49. The Morgan fingerprint density at radius 1 is 0.271 bits per heavy atom. The Labute approximate surface area is 293 Å². The summed E-state index contributed by atoms with van der Waals surface area (Å²) in [5.41, 5.74) is 0. The Morgan fingerprint density at radius 2 is 0.771 bits per heavy atom. The van der Waals surface area contributed by atoms with Crippen LogP contribution in [0.25, 0.3) is 145 Å². The fourth-order valence-corrected chi connectivity index (χ4v) is 17.1. The molecule has 15 aromatic rings. The highest BCUT2D eigenvalue weighted by atomic mass is 32.1. The van der Waals surface area contributed by atoms with Crippen LogP contribution in [0.1, 0.15) is 0 Å². The van der Waals surface area contributed by atoms with Crippen LogP contribution in [0.15, 0.2) is 82.9 Å². The van der Waals surface area contributed by atoms with Gasteiger partial charge in [-0.25, -0.2) is 0 Å². The summed E-state index contributed by atoms with van der Waals surface area (Å²) in [5.74, 6) is 0. The molecule has 6 aromatic heterocycles. The first-order chi connectivity index (χ1) is 23.8. The van der Waals surface area contributed by atoms with Gasteiger partial charge in [-0.2, -0.15) is 0 Å². The van der Waals surface area contributed by atoms with Gasteiger partial charge in [0.2, 0.25) is 0 Å². The Hall–Kier alpha value is -4.14. The van der Waals surface area contributed by atoms with Crippen molar-refractivity contribution in [1.29, 1.82) is 0 Å². The van der Waals surface area contributed by atoms with Crippen LogP contribution in [-0.4, -0.2) is 0 Å². The lowest BCUT2D eigenvalue weighted by Gasteiger charge is -2.17. The second kappa shape index (κ2) is 7.53. The third-order valence-corrected chi connectivity index (χ3v) is 18.3. The molecule has 9 aromatic carbocycles. The van der Waals surface area contributed by atoms with E-state index in [2.05, 4.69) is 82.9 Å². The Bertz CT molecular complexity index is 3900. The number of hydrogen-bond acceptors (Lipinski definition) is 6. The van der Waals surface area contributed by atoms with Crippen LogP contribution in [0, 0.1) is 0 Å². The van der Waals surface area contributed by atoms with E-state index >= 15 is 0 Å². The molecule has 0 nitrogen and oxygen atoms in total. The van der Waals surface area contributed by atoms with Crippen LogP contribution >= 0.6 is 68.0 Å². The minimum Gasteiger partial charge on any atom is -0.142 e. The molecule has 0 fully saturated rings. The van der Waals surface area contributed by atoms with E-state index in [0.717, 1.165) is 0 Å². The van der Waals surface area contributed by atoms with Gasteiger partial charge in [-0.05, 0) is 51.2 Å². The zero-order valence-electron chi connectivity index (χ0n) is 24.5. The van der Waals surface area contributed by atoms with Gasteiger partial charge in [-0.1, -0.05) is 42.5 Å². The van der Waals surface area contributed by atoms with Gasteiger partial charge < -0.3 is 0 Å². The maximum Gasteiger partial charge on any atom is 0.0540 e. The Kier molecular flexibility index (Phi) is 3.78. The summed E-state index contributed by atoms with van der Waals surface area (Å²) >= 11 is 11.9. The van der Waals surface area contributed by atoms with Crippen molar-refractivity contribution < 1.29 is 0 Å². The van der Waals surface area contributed by atoms with Crippen molar-refractivity contribution in [2.45, 2.75) is 0 Å². The zero-order valence-corrected chi connectivity index (χ0v) is 29.4. The van der Waals surface area contributed by atoms with Crippen molar-refractivity contribution in [2.24, 2.45) is 0 Å². The molecule has 48 heavy (non-hydrogen) atoms. The minimum absolute atomic E-state index is 1.39. The largest absolute Gasteiger partial charge is 0.142 e. The molecule has 0 amide bonds. The van der Waals surface area contributed by atoms with E-state index in [1.54, 1.807) is 0 Å². The van der Waals surface area contributed by atoms with Crippen molar-refractivity contribution in [3.8, 4) is 0 Å². The molecule has 0 atom stereocenters. The predicted octanol–water partition coefficient (Wildman–Crippen LogP) is 16.0. The van der Waals surface area contributed by atoms with Crippen molar-refractivity contribution in [3.63, 3.8) is 0 Å². The highest BCUT2D eigenvalue weighted by Crippen LogP contribution is 2.62. The van der Waals surface area contributed by atoms with E-state index in [9.17, 15) is 0 Å². The molecule has 15 rings (SSSR count). The van der Waals surface area contributed by atoms with Gasteiger partial charge in [0, 0.05) is 106 Å². The number of thiophene rings is 6. The summed E-state index contributed by atoms with van der Waals surface area (Å²) in [6.45, 7) is 0. The molecule has 0 radical (unpaired) electrons. The minimum atomic E-state index is 1.39. The smallest absolute Gasteiger partial charge is 0.0540 e. The van der Waals surface area contributed by atoms with Crippen LogP contribution < -0.4 is 0 Å². The molecule has 218 valence electrons. The molecular formula is C42H14S6. The highest BCUT2D eigenvalue weighted by Gasteiger charge is 2.32. The summed E-state index contributed by atoms with van der Waals surface area (Å²) in [4.78, 5) is 0. The Balaban J connectivity index is 1.53. The molecular weight excluding hydrogens is 697 g/mol. The van der Waals surface area contributed by atoms with Crippen molar-refractivity contribution in [3.05, 3.63) is 82.9 Å². The van der Waals surface area contributed by atoms with Crippen LogP contribution in [-0.2, 0) is 0 Å². The lowest BCUT2D eigenvalue weighted by atomic mass is 9.85. The normalized spacial score (nSPS) is 13.8. The van der Waals surface area contributed by atoms with Crippen molar-refractivity contribution in [2.75, 3.05) is 0 Å². The molecule has 0 unspecified atom stereocenters. The summed E-state index contributed by atoms with van der Waals surface area (Å²) in [5, 5.41) is 35.1. The van der Waals surface area contributed by atoms with E-state index in [1.165, 1.54) is 145 Å². The standard InChI is InChI=1S/C42H14S6/c1-2-8-21-17(5-1)27-30-26-18-11-12-43-37(18)41-35-24-15(6-3-9-22(24)47-41)20-14-45-39-29(20)33(31(26)35)34-32(30)28-19(13-44-38(28)40(27)46-21)16-7-4-10-23-25(16)36(34)42(39)48-23/h1-14H. The zero-order chi connectivity index (χ0) is 30.3. The van der Waals surface area contributed by atoms with Crippen LogP contribution in [0.4, 0.5) is 0 Å². The molecule has 0 N–H and O–H groups in total. The van der Waals surface area contributed by atoms with Crippen LogP contribution in [0.2, 0.25) is 0 Å². The number of rotatable bonds is 0. The third-order valence-electron chi connectivity index (χ3n) is 11.5. The van der Waals surface area contributed by atoms with Gasteiger partial charge in [0.25, 0.3) is 0 Å². The average molecular weight is 711 g/mol. The first-order valence-corrected chi connectivity index (χ1v) is 21.1. The lowest BCUT2D eigenvalue weighted by molar-refractivity contribution is 1.87. The van der Waals surface area contributed by atoms with Gasteiger partial charge in [-0.15, -0.1) is 68.0 Å².